The van der Waals surface area contributed by atoms with Gasteiger partial charge in [0, 0.05) is 16.3 Å². The molecule has 2 atom stereocenters. The summed E-state index contributed by atoms with van der Waals surface area (Å²) in [5.74, 6) is -1.90. The number of aliphatic carboxylic acids is 1. The first-order chi connectivity index (χ1) is 9.49. The van der Waals surface area contributed by atoms with Crippen molar-refractivity contribution in [1.82, 2.24) is 10.3 Å². The smallest absolute Gasteiger partial charge is 0.328 e. The van der Waals surface area contributed by atoms with Crippen LogP contribution in [0.25, 0.3) is 10.6 Å². The highest BCUT2D eigenvalue weighted by molar-refractivity contribution is 7.14. The maximum absolute atomic E-state index is 11.9. The van der Waals surface area contributed by atoms with Crippen LogP contribution in [0.3, 0.4) is 0 Å². The number of thiazole rings is 1. The normalized spacial score (nSPS) is 13.7. The standard InChI is InChI=1S/C12H12N2O4S2/c1-6(15)9(12(17)18)14-10(16)8-5-20-11(13-8)7-2-3-19-4-7/h2-6,9,15H,1H3,(H,14,16)(H,17,18). The van der Waals surface area contributed by atoms with E-state index in [1.807, 2.05) is 16.8 Å². The molecule has 0 saturated heterocycles. The molecule has 2 aromatic rings. The van der Waals surface area contributed by atoms with Gasteiger partial charge < -0.3 is 15.5 Å². The van der Waals surface area contributed by atoms with Crippen molar-refractivity contribution in [2.24, 2.45) is 0 Å². The summed E-state index contributed by atoms with van der Waals surface area (Å²) in [6.45, 7) is 1.30. The zero-order chi connectivity index (χ0) is 14.7. The van der Waals surface area contributed by atoms with E-state index in [2.05, 4.69) is 10.3 Å². The lowest BCUT2D eigenvalue weighted by Gasteiger charge is -2.16. The van der Waals surface area contributed by atoms with Gasteiger partial charge in [0.2, 0.25) is 0 Å². The fourth-order valence-electron chi connectivity index (χ4n) is 1.50. The summed E-state index contributed by atoms with van der Waals surface area (Å²) >= 11 is 2.83. The number of carboxylic acids is 1. The van der Waals surface area contributed by atoms with Crippen LogP contribution in [0, 0.1) is 0 Å². The average molecular weight is 312 g/mol. The van der Waals surface area contributed by atoms with E-state index >= 15 is 0 Å². The number of aliphatic hydroxyl groups is 1. The Kier molecular flexibility index (Phi) is 4.48. The van der Waals surface area contributed by atoms with Crippen LogP contribution < -0.4 is 5.32 Å². The zero-order valence-electron chi connectivity index (χ0n) is 10.4. The third kappa shape index (κ3) is 3.21. The minimum atomic E-state index is -1.35. The number of hydrogen-bond acceptors (Lipinski definition) is 6. The maximum atomic E-state index is 11.9. The first-order valence-electron chi connectivity index (χ1n) is 5.69. The predicted octanol–water partition coefficient (Wildman–Crippen LogP) is 1.44. The van der Waals surface area contributed by atoms with Gasteiger partial charge >= 0.3 is 5.97 Å². The lowest BCUT2D eigenvalue weighted by Crippen LogP contribution is -2.47. The van der Waals surface area contributed by atoms with E-state index in [0.29, 0.717) is 5.01 Å². The summed E-state index contributed by atoms with van der Waals surface area (Å²) in [6, 6.07) is 0.537. The molecule has 2 heterocycles. The molecule has 0 aliphatic carbocycles. The van der Waals surface area contributed by atoms with E-state index in [1.54, 1.807) is 5.38 Å². The number of aliphatic hydroxyl groups excluding tert-OH is 1. The minimum absolute atomic E-state index is 0.142. The number of carbonyl (C=O) groups excluding carboxylic acids is 1. The first-order valence-corrected chi connectivity index (χ1v) is 7.51. The quantitative estimate of drug-likeness (QED) is 0.775. The van der Waals surface area contributed by atoms with Gasteiger partial charge in [0.1, 0.15) is 10.7 Å². The number of carboxylic acid groups (broad SMARTS) is 1. The maximum Gasteiger partial charge on any atom is 0.328 e. The van der Waals surface area contributed by atoms with Crippen molar-refractivity contribution in [2.45, 2.75) is 19.1 Å². The molecule has 3 N–H and O–H groups in total. The van der Waals surface area contributed by atoms with Gasteiger partial charge in [-0.3, -0.25) is 4.79 Å². The van der Waals surface area contributed by atoms with Gasteiger partial charge in [-0.1, -0.05) is 0 Å². The lowest BCUT2D eigenvalue weighted by atomic mass is 10.2. The van der Waals surface area contributed by atoms with Gasteiger partial charge in [0.05, 0.1) is 6.10 Å². The molecule has 2 aromatic heterocycles. The zero-order valence-corrected chi connectivity index (χ0v) is 12.1. The van der Waals surface area contributed by atoms with Crippen molar-refractivity contribution in [3.8, 4) is 10.6 Å². The topological polar surface area (TPSA) is 99.5 Å². The van der Waals surface area contributed by atoms with Gasteiger partial charge in [0.25, 0.3) is 5.91 Å². The number of carbonyl (C=O) groups is 2. The van der Waals surface area contributed by atoms with E-state index in [0.717, 1.165) is 5.56 Å². The number of hydrogen-bond donors (Lipinski definition) is 3. The highest BCUT2D eigenvalue weighted by Crippen LogP contribution is 2.25. The van der Waals surface area contributed by atoms with Gasteiger partial charge in [-0.15, -0.1) is 11.3 Å². The third-order valence-electron chi connectivity index (χ3n) is 2.54. The predicted molar refractivity (Wildman–Crippen MR) is 76.0 cm³/mol. The molecular formula is C12H12N2O4S2. The highest BCUT2D eigenvalue weighted by Gasteiger charge is 2.26. The van der Waals surface area contributed by atoms with Crippen molar-refractivity contribution < 1.29 is 19.8 Å². The van der Waals surface area contributed by atoms with E-state index in [4.69, 9.17) is 5.11 Å². The van der Waals surface area contributed by atoms with Gasteiger partial charge in [-0.25, -0.2) is 9.78 Å². The van der Waals surface area contributed by atoms with Crippen LogP contribution in [-0.2, 0) is 4.79 Å². The Morgan fingerprint density at radius 2 is 2.15 bits per heavy atom. The summed E-state index contributed by atoms with van der Waals surface area (Å²) in [5.41, 5.74) is 1.06. The Bertz CT molecular complexity index is 607. The molecule has 0 aliphatic rings. The van der Waals surface area contributed by atoms with E-state index in [-0.39, 0.29) is 5.69 Å². The summed E-state index contributed by atoms with van der Waals surface area (Å²) in [6.07, 6.45) is -1.19. The number of nitrogens with one attached hydrogen (secondary N) is 1. The third-order valence-corrected chi connectivity index (χ3v) is 4.11. The number of nitrogens with zero attached hydrogens (tertiary/aromatic N) is 1. The van der Waals surface area contributed by atoms with Crippen molar-refractivity contribution in [2.75, 3.05) is 0 Å². The lowest BCUT2D eigenvalue weighted by molar-refractivity contribution is -0.141. The second-order valence-electron chi connectivity index (χ2n) is 4.08. The summed E-state index contributed by atoms with van der Waals surface area (Å²) in [7, 11) is 0. The highest BCUT2D eigenvalue weighted by atomic mass is 32.1. The molecule has 6 nitrogen and oxygen atoms in total. The van der Waals surface area contributed by atoms with Crippen molar-refractivity contribution in [1.29, 1.82) is 0 Å². The molecule has 0 radical (unpaired) electrons. The van der Waals surface area contributed by atoms with Gasteiger partial charge in [-0.2, -0.15) is 11.3 Å². The van der Waals surface area contributed by atoms with E-state index < -0.39 is 24.0 Å². The average Bonchev–Trinajstić information content (AvgIpc) is 3.04. The Morgan fingerprint density at radius 1 is 1.40 bits per heavy atom. The molecular weight excluding hydrogens is 300 g/mol. The van der Waals surface area contributed by atoms with Crippen LogP contribution in [0.4, 0.5) is 0 Å². The van der Waals surface area contributed by atoms with Gasteiger partial charge in [-0.05, 0) is 18.4 Å². The SMILES string of the molecule is CC(O)C(NC(=O)c1csc(-c2ccsc2)n1)C(=O)O. The van der Waals surface area contributed by atoms with Crippen molar-refractivity contribution in [3.05, 3.63) is 27.9 Å². The Balaban J connectivity index is 2.12. The molecule has 0 spiro atoms. The Morgan fingerprint density at radius 3 is 2.70 bits per heavy atom. The molecule has 20 heavy (non-hydrogen) atoms. The van der Waals surface area contributed by atoms with E-state index in [9.17, 15) is 14.7 Å². The van der Waals surface area contributed by atoms with Gasteiger partial charge in [0.15, 0.2) is 6.04 Å². The fraction of sp³-hybridized carbons (Fsp3) is 0.250. The van der Waals surface area contributed by atoms with Crippen LogP contribution in [0.2, 0.25) is 0 Å². The second kappa shape index (κ2) is 6.12. The summed E-state index contributed by atoms with van der Waals surface area (Å²) in [4.78, 5) is 27.0. The minimum Gasteiger partial charge on any atom is -0.480 e. The molecule has 0 aliphatic heterocycles. The van der Waals surface area contributed by atoms with Crippen LogP contribution in [0.5, 0.6) is 0 Å². The van der Waals surface area contributed by atoms with Crippen molar-refractivity contribution >= 4 is 34.6 Å². The molecule has 2 rings (SSSR count). The van der Waals surface area contributed by atoms with Crippen LogP contribution in [0.1, 0.15) is 17.4 Å². The van der Waals surface area contributed by atoms with Crippen LogP contribution >= 0.6 is 22.7 Å². The molecule has 0 aromatic carbocycles. The molecule has 2 unspecified atom stereocenters. The molecule has 8 heteroatoms. The summed E-state index contributed by atoms with van der Waals surface area (Å²) < 4.78 is 0. The number of thiophene rings is 1. The second-order valence-corrected chi connectivity index (χ2v) is 5.72. The van der Waals surface area contributed by atoms with Crippen LogP contribution in [-0.4, -0.2) is 39.2 Å². The number of aromatic nitrogens is 1. The molecule has 0 fully saturated rings. The van der Waals surface area contributed by atoms with Crippen LogP contribution in [0.15, 0.2) is 22.2 Å². The molecule has 106 valence electrons. The van der Waals surface area contributed by atoms with E-state index in [1.165, 1.54) is 29.6 Å². The van der Waals surface area contributed by atoms with Crippen molar-refractivity contribution in [3.63, 3.8) is 0 Å². The molecule has 1 amide bonds. The summed E-state index contributed by atoms with van der Waals surface area (Å²) in [5, 5.41) is 26.5. The number of amides is 1. The molecule has 0 saturated carbocycles. The largest absolute Gasteiger partial charge is 0.480 e. The Hall–Kier alpha value is -1.77. The fourth-order valence-corrected chi connectivity index (χ4v) is 3.01. The Labute approximate surface area is 122 Å². The monoisotopic (exact) mass is 312 g/mol. The molecule has 0 bridgehead atoms. The first kappa shape index (κ1) is 14.6. The number of rotatable bonds is 5.